The highest BCUT2D eigenvalue weighted by Gasteiger charge is 2.40. The maximum atomic E-state index is 12.1. The van der Waals surface area contributed by atoms with Gasteiger partial charge in [0.1, 0.15) is 0 Å². The van der Waals surface area contributed by atoms with Crippen molar-refractivity contribution < 1.29 is 9.59 Å². The second kappa shape index (κ2) is 6.27. The molecule has 0 saturated carbocycles. The van der Waals surface area contributed by atoms with Gasteiger partial charge in [0.15, 0.2) is 0 Å². The number of nitrogens with one attached hydrogen (secondary N) is 1. The van der Waals surface area contributed by atoms with Gasteiger partial charge in [0.25, 0.3) is 0 Å². The average molecular weight is 295 g/mol. The van der Waals surface area contributed by atoms with Crippen LogP contribution in [0.15, 0.2) is 24.3 Å². The summed E-state index contributed by atoms with van der Waals surface area (Å²) in [5.41, 5.74) is 0.845. The lowest BCUT2D eigenvalue weighted by molar-refractivity contribution is -0.143. The Balaban J connectivity index is 2.46. The van der Waals surface area contributed by atoms with Crippen LogP contribution in [0.1, 0.15) is 31.4 Å². The molecular weight excluding hydrogens is 276 g/mol. The molecule has 108 valence electrons. The lowest BCUT2D eigenvalue weighted by Gasteiger charge is -2.40. The van der Waals surface area contributed by atoms with Crippen LogP contribution in [0.25, 0.3) is 0 Å². The van der Waals surface area contributed by atoms with Crippen LogP contribution < -0.4 is 5.32 Å². The zero-order chi connectivity index (χ0) is 14.7. The molecule has 1 saturated heterocycles. The normalized spacial score (nSPS) is 22.8. The Morgan fingerprint density at radius 2 is 2.15 bits per heavy atom. The number of nitrogens with zero attached hydrogens (tertiary/aromatic N) is 1. The van der Waals surface area contributed by atoms with E-state index in [2.05, 4.69) is 5.32 Å². The predicted molar refractivity (Wildman–Crippen MR) is 78.4 cm³/mol. The van der Waals surface area contributed by atoms with Crippen molar-refractivity contribution in [3.63, 3.8) is 0 Å². The first-order valence-electron chi connectivity index (χ1n) is 6.85. The van der Waals surface area contributed by atoms with E-state index in [1.54, 1.807) is 18.0 Å². The van der Waals surface area contributed by atoms with Crippen LogP contribution in [0.3, 0.4) is 0 Å². The zero-order valence-electron chi connectivity index (χ0n) is 11.7. The fourth-order valence-corrected chi connectivity index (χ4v) is 3.13. The van der Waals surface area contributed by atoms with Gasteiger partial charge in [0.2, 0.25) is 11.8 Å². The number of hydrogen-bond acceptors (Lipinski definition) is 2. The number of rotatable bonds is 3. The van der Waals surface area contributed by atoms with E-state index in [4.69, 9.17) is 11.6 Å². The van der Waals surface area contributed by atoms with E-state index in [1.165, 1.54) is 0 Å². The third kappa shape index (κ3) is 2.66. The van der Waals surface area contributed by atoms with E-state index in [1.807, 2.05) is 25.1 Å². The van der Waals surface area contributed by atoms with Crippen LogP contribution in [-0.4, -0.2) is 30.3 Å². The molecular formula is C15H19ClN2O2. The summed E-state index contributed by atoms with van der Waals surface area (Å²) in [5, 5.41) is 3.29. The van der Waals surface area contributed by atoms with Crippen molar-refractivity contribution in [2.24, 2.45) is 5.92 Å². The summed E-state index contributed by atoms with van der Waals surface area (Å²) < 4.78 is 0. The predicted octanol–water partition coefficient (Wildman–Crippen LogP) is 2.39. The Kier molecular flexibility index (Phi) is 4.65. The Labute approximate surface area is 124 Å². The summed E-state index contributed by atoms with van der Waals surface area (Å²) in [5.74, 6) is -0.212. The molecule has 0 spiro atoms. The van der Waals surface area contributed by atoms with Crippen LogP contribution in [0.2, 0.25) is 5.02 Å². The summed E-state index contributed by atoms with van der Waals surface area (Å²) in [4.78, 5) is 26.0. The molecule has 1 N–H and O–H groups in total. The molecule has 2 atom stereocenters. The molecule has 2 rings (SSSR count). The van der Waals surface area contributed by atoms with Crippen LogP contribution in [0.5, 0.6) is 0 Å². The molecule has 20 heavy (non-hydrogen) atoms. The van der Waals surface area contributed by atoms with Gasteiger partial charge in [-0.3, -0.25) is 9.59 Å². The summed E-state index contributed by atoms with van der Waals surface area (Å²) in [6.07, 6.45) is 0.970. The van der Waals surface area contributed by atoms with Crippen molar-refractivity contribution in [3.8, 4) is 0 Å². The molecule has 0 aliphatic carbocycles. The molecule has 0 aromatic heterocycles. The standard InChI is InChI=1S/C15H19ClN2O2/c1-3-18-13(19)9-8-11(15(20)17-2)14(18)10-6-4-5-7-12(10)16/h4-7,11,14H,3,8-9H2,1-2H3,(H,17,20)/t11-,14+/m1/s1. The third-order valence-electron chi connectivity index (χ3n) is 3.85. The largest absolute Gasteiger partial charge is 0.359 e. The number of benzene rings is 1. The molecule has 2 amide bonds. The van der Waals surface area contributed by atoms with Gasteiger partial charge >= 0.3 is 0 Å². The van der Waals surface area contributed by atoms with Gasteiger partial charge in [-0.2, -0.15) is 0 Å². The Morgan fingerprint density at radius 1 is 1.45 bits per heavy atom. The van der Waals surface area contributed by atoms with Gasteiger partial charge in [-0.05, 0) is 25.0 Å². The van der Waals surface area contributed by atoms with Crippen LogP contribution in [-0.2, 0) is 9.59 Å². The lowest BCUT2D eigenvalue weighted by Crippen LogP contribution is -2.47. The first kappa shape index (κ1) is 14.9. The monoisotopic (exact) mass is 294 g/mol. The molecule has 1 aromatic rings. The maximum absolute atomic E-state index is 12.1. The minimum absolute atomic E-state index is 0.0409. The number of halogens is 1. The molecule has 1 aromatic carbocycles. The highest BCUT2D eigenvalue weighted by atomic mass is 35.5. The van der Waals surface area contributed by atoms with Gasteiger partial charge in [-0.15, -0.1) is 0 Å². The van der Waals surface area contributed by atoms with E-state index in [0.29, 0.717) is 24.4 Å². The molecule has 1 fully saturated rings. The van der Waals surface area contributed by atoms with E-state index < -0.39 is 0 Å². The highest BCUT2D eigenvalue weighted by Crippen LogP contribution is 2.39. The number of carbonyl (C=O) groups excluding carboxylic acids is 2. The topological polar surface area (TPSA) is 49.4 Å². The summed E-state index contributed by atoms with van der Waals surface area (Å²) in [6.45, 7) is 2.50. The average Bonchev–Trinajstić information content (AvgIpc) is 2.46. The van der Waals surface area contributed by atoms with E-state index >= 15 is 0 Å². The molecule has 1 heterocycles. The Morgan fingerprint density at radius 3 is 2.75 bits per heavy atom. The van der Waals surface area contributed by atoms with Crippen LogP contribution in [0, 0.1) is 5.92 Å². The van der Waals surface area contributed by atoms with Gasteiger partial charge < -0.3 is 10.2 Å². The first-order chi connectivity index (χ1) is 9.60. The minimum Gasteiger partial charge on any atom is -0.359 e. The van der Waals surface area contributed by atoms with E-state index in [0.717, 1.165) is 5.56 Å². The van der Waals surface area contributed by atoms with Crippen molar-refractivity contribution >= 4 is 23.4 Å². The highest BCUT2D eigenvalue weighted by molar-refractivity contribution is 6.31. The third-order valence-corrected chi connectivity index (χ3v) is 4.20. The van der Waals surface area contributed by atoms with Gasteiger partial charge in [-0.25, -0.2) is 0 Å². The van der Waals surface area contributed by atoms with Crippen molar-refractivity contribution in [1.29, 1.82) is 0 Å². The van der Waals surface area contributed by atoms with Crippen molar-refractivity contribution in [2.45, 2.75) is 25.8 Å². The quantitative estimate of drug-likeness (QED) is 0.930. The minimum atomic E-state index is -0.283. The molecule has 0 bridgehead atoms. The second-order valence-corrected chi connectivity index (χ2v) is 5.31. The van der Waals surface area contributed by atoms with Crippen LogP contribution >= 0.6 is 11.6 Å². The maximum Gasteiger partial charge on any atom is 0.225 e. The van der Waals surface area contributed by atoms with Crippen molar-refractivity contribution in [1.82, 2.24) is 10.2 Å². The van der Waals surface area contributed by atoms with Crippen molar-refractivity contribution in [2.75, 3.05) is 13.6 Å². The molecule has 1 aliphatic heterocycles. The number of piperidine rings is 1. The van der Waals surface area contributed by atoms with E-state index in [9.17, 15) is 9.59 Å². The SMILES string of the molecule is CCN1C(=O)CC[C@@H](C(=O)NC)[C@@H]1c1ccccc1Cl. The lowest BCUT2D eigenvalue weighted by atomic mass is 9.83. The fraction of sp³-hybridized carbons (Fsp3) is 0.467. The van der Waals surface area contributed by atoms with Crippen molar-refractivity contribution in [3.05, 3.63) is 34.9 Å². The summed E-state index contributed by atoms with van der Waals surface area (Å²) in [7, 11) is 1.62. The number of hydrogen-bond donors (Lipinski definition) is 1. The van der Waals surface area contributed by atoms with Gasteiger partial charge in [-0.1, -0.05) is 29.8 Å². The van der Waals surface area contributed by atoms with Gasteiger partial charge in [0, 0.05) is 25.0 Å². The molecule has 0 radical (unpaired) electrons. The first-order valence-corrected chi connectivity index (χ1v) is 7.23. The second-order valence-electron chi connectivity index (χ2n) is 4.91. The summed E-state index contributed by atoms with van der Waals surface area (Å²) in [6, 6.07) is 7.14. The molecule has 0 unspecified atom stereocenters. The molecule has 4 nitrogen and oxygen atoms in total. The summed E-state index contributed by atoms with van der Waals surface area (Å²) >= 11 is 6.27. The van der Waals surface area contributed by atoms with Crippen LogP contribution in [0.4, 0.5) is 0 Å². The fourth-order valence-electron chi connectivity index (χ4n) is 2.89. The molecule has 1 aliphatic rings. The number of likely N-dealkylation sites (tertiary alicyclic amines) is 1. The van der Waals surface area contributed by atoms with E-state index in [-0.39, 0.29) is 23.8 Å². The zero-order valence-corrected chi connectivity index (χ0v) is 12.5. The van der Waals surface area contributed by atoms with Gasteiger partial charge in [0.05, 0.1) is 12.0 Å². The number of amides is 2. The number of carbonyl (C=O) groups is 2. The molecule has 5 heteroatoms. The Bertz CT molecular complexity index is 518. The Hall–Kier alpha value is -1.55. The smallest absolute Gasteiger partial charge is 0.225 e.